The molecule has 0 saturated carbocycles. The van der Waals surface area contributed by atoms with Crippen molar-refractivity contribution in [3.63, 3.8) is 0 Å². The number of rotatable bonds is 7. The van der Waals surface area contributed by atoms with Crippen LogP contribution in [-0.2, 0) is 0 Å². The minimum Gasteiger partial charge on any atom is -0.456 e. The molecule has 0 radical (unpaired) electrons. The maximum absolute atomic E-state index is 6.41. The lowest BCUT2D eigenvalue weighted by Gasteiger charge is -2.17. The fraction of sp³-hybridized carbons (Fsp3) is 0.0339. The van der Waals surface area contributed by atoms with Crippen LogP contribution in [0, 0.1) is 13.8 Å². The number of hydrogen-bond donors (Lipinski definition) is 0. The van der Waals surface area contributed by atoms with Gasteiger partial charge in [0.1, 0.15) is 11.2 Å². The standard InChI is InChI=1S/C59H40N4O/c1-37-13-11-19-41(31-37)44-23-27-47-48-28-24-45(42-20-12-14-38(2)32-42)35-54(48)63(53(47)34-44)52-30-26-43(46-25-29-50-49-21-9-10-22-55(49)64-56(50)36-46)33-51(52)59-61-57(39-15-5-3-6-16-39)60-58(62-59)40-17-7-4-8-18-40/h3-36H,1-2H3. The molecule has 12 rings (SSSR count). The van der Waals surface area contributed by atoms with E-state index < -0.39 is 0 Å². The summed E-state index contributed by atoms with van der Waals surface area (Å²) in [4.78, 5) is 15.8. The Morgan fingerprint density at radius 3 is 1.38 bits per heavy atom. The molecule has 0 aliphatic rings. The van der Waals surface area contributed by atoms with Crippen LogP contribution in [0.25, 0.3) is 117 Å². The largest absolute Gasteiger partial charge is 0.456 e. The highest BCUT2D eigenvalue weighted by molar-refractivity contribution is 6.12. The van der Waals surface area contributed by atoms with Crippen molar-refractivity contribution >= 4 is 43.7 Å². The van der Waals surface area contributed by atoms with Crippen molar-refractivity contribution in [2.24, 2.45) is 0 Å². The maximum Gasteiger partial charge on any atom is 0.166 e. The zero-order chi connectivity index (χ0) is 42.7. The van der Waals surface area contributed by atoms with Crippen molar-refractivity contribution < 1.29 is 4.42 Å². The average Bonchev–Trinajstić information content (AvgIpc) is 3.88. The highest BCUT2D eigenvalue weighted by atomic mass is 16.3. The lowest BCUT2D eigenvalue weighted by atomic mass is 9.99. The van der Waals surface area contributed by atoms with Gasteiger partial charge in [0, 0.05) is 38.2 Å². The van der Waals surface area contributed by atoms with Crippen molar-refractivity contribution in [1.82, 2.24) is 19.5 Å². The Bertz CT molecular complexity index is 3590. The van der Waals surface area contributed by atoms with E-state index in [2.05, 4.69) is 176 Å². The number of fused-ring (bicyclic) bond motifs is 6. The molecule has 0 atom stereocenters. The van der Waals surface area contributed by atoms with Gasteiger partial charge in [-0.15, -0.1) is 0 Å². The van der Waals surface area contributed by atoms with Gasteiger partial charge in [-0.2, -0.15) is 0 Å². The van der Waals surface area contributed by atoms with Crippen LogP contribution in [0.3, 0.4) is 0 Å². The number of hydrogen-bond acceptors (Lipinski definition) is 4. The van der Waals surface area contributed by atoms with E-state index in [9.17, 15) is 0 Å². The topological polar surface area (TPSA) is 56.7 Å². The monoisotopic (exact) mass is 820 g/mol. The number of benzene rings is 9. The first kappa shape index (κ1) is 37.4. The highest BCUT2D eigenvalue weighted by Crippen LogP contribution is 2.42. The molecule has 0 aliphatic heterocycles. The lowest BCUT2D eigenvalue weighted by molar-refractivity contribution is 0.669. The second-order valence-electron chi connectivity index (χ2n) is 16.6. The zero-order valence-corrected chi connectivity index (χ0v) is 35.3. The number of nitrogens with zero attached hydrogens (tertiary/aromatic N) is 4. The van der Waals surface area contributed by atoms with Crippen LogP contribution in [0.4, 0.5) is 0 Å². The lowest BCUT2D eigenvalue weighted by Crippen LogP contribution is -2.04. The molecule has 64 heavy (non-hydrogen) atoms. The number of para-hydroxylation sites is 1. The molecule has 3 heterocycles. The summed E-state index contributed by atoms with van der Waals surface area (Å²) in [6.07, 6.45) is 0. The van der Waals surface area contributed by atoms with Crippen molar-refractivity contribution in [3.05, 3.63) is 217 Å². The van der Waals surface area contributed by atoms with Crippen molar-refractivity contribution in [3.8, 4) is 73.2 Å². The molecule has 0 aliphatic carbocycles. The van der Waals surface area contributed by atoms with E-state index in [0.29, 0.717) is 17.5 Å². The predicted octanol–water partition coefficient (Wildman–Crippen LogP) is 15.5. The Kier molecular flexibility index (Phi) is 8.87. The smallest absolute Gasteiger partial charge is 0.166 e. The van der Waals surface area contributed by atoms with E-state index in [1.807, 2.05) is 48.5 Å². The van der Waals surface area contributed by atoms with Gasteiger partial charge in [0.25, 0.3) is 0 Å². The van der Waals surface area contributed by atoms with Gasteiger partial charge < -0.3 is 8.98 Å². The van der Waals surface area contributed by atoms with Crippen molar-refractivity contribution in [2.45, 2.75) is 13.8 Å². The quantitative estimate of drug-likeness (QED) is 0.161. The van der Waals surface area contributed by atoms with Gasteiger partial charge in [-0.3, -0.25) is 0 Å². The van der Waals surface area contributed by atoms with Gasteiger partial charge in [0.05, 0.1) is 16.7 Å². The molecule has 0 spiro atoms. The minimum atomic E-state index is 0.578. The molecule has 5 nitrogen and oxygen atoms in total. The molecule has 302 valence electrons. The van der Waals surface area contributed by atoms with Crippen molar-refractivity contribution in [2.75, 3.05) is 0 Å². The van der Waals surface area contributed by atoms with Gasteiger partial charge in [-0.05, 0) is 89.7 Å². The summed E-state index contributed by atoms with van der Waals surface area (Å²) in [7, 11) is 0. The normalized spacial score (nSPS) is 11.6. The Balaban J connectivity index is 1.17. The summed E-state index contributed by atoms with van der Waals surface area (Å²) in [5, 5.41) is 4.53. The molecule has 0 N–H and O–H groups in total. The third-order valence-electron chi connectivity index (χ3n) is 12.4. The molecule has 0 amide bonds. The summed E-state index contributed by atoms with van der Waals surface area (Å²) in [5.74, 6) is 1.79. The Hall–Kier alpha value is -8.41. The number of aromatic nitrogens is 4. The van der Waals surface area contributed by atoms with Crippen LogP contribution in [0.15, 0.2) is 211 Å². The minimum absolute atomic E-state index is 0.578. The summed E-state index contributed by atoms with van der Waals surface area (Å²) in [6, 6.07) is 72.9. The van der Waals surface area contributed by atoms with Crippen LogP contribution < -0.4 is 0 Å². The predicted molar refractivity (Wildman–Crippen MR) is 264 cm³/mol. The van der Waals surface area contributed by atoms with E-state index in [4.69, 9.17) is 19.4 Å². The molecule has 12 aromatic rings. The van der Waals surface area contributed by atoms with Crippen LogP contribution in [0.1, 0.15) is 11.1 Å². The molecule has 0 fully saturated rings. The summed E-state index contributed by atoms with van der Waals surface area (Å²) < 4.78 is 8.83. The molecular weight excluding hydrogens is 781 g/mol. The van der Waals surface area contributed by atoms with Crippen LogP contribution >= 0.6 is 0 Å². The first-order valence-electron chi connectivity index (χ1n) is 21.7. The third-order valence-corrected chi connectivity index (χ3v) is 12.4. The average molecular weight is 821 g/mol. The molecule has 0 unspecified atom stereocenters. The summed E-state index contributed by atoms with van der Waals surface area (Å²) in [6.45, 7) is 4.29. The van der Waals surface area contributed by atoms with Gasteiger partial charge in [-0.1, -0.05) is 175 Å². The van der Waals surface area contributed by atoms with Crippen molar-refractivity contribution in [1.29, 1.82) is 0 Å². The molecule has 0 bridgehead atoms. The van der Waals surface area contributed by atoms with E-state index >= 15 is 0 Å². The first-order valence-corrected chi connectivity index (χ1v) is 21.7. The van der Waals surface area contributed by atoms with E-state index in [1.54, 1.807) is 0 Å². The molecular formula is C59H40N4O. The second-order valence-corrected chi connectivity index (χ2v) is 16.6. The Morgan fingerprint density at radius 1 is 0.328 bits per heavy atom. The van der Waals surface area contributed by atoms with E-state index in [0.717, 1.165) is 88.4 Å². The molecule has 0 saturated heterocycles. The molecule has 3 aromatic heterocycles. The van der Waals surface area contributed by atoms with Crippen LogP contribution in [0.5, 0.6) is 0 Å². The molecule has 9 aromatic carbocycles. The third kappa shape index (κ3) is 6.54. The van der Waals surface area contributed by atoms with E-state index in [1.165, 1.54) is 22.3 Å². The van der Waals surface area contributed by atoms with Gasteiger partial charge in [0.2, 0.25) is 0 Å². The highest BCUT2D eigenvalue weighted by Gasteiger charge is 2.22. The first-order chi connectivity index (χ1) is 31.5. The second kappa shape index (κ2) is 15.2. The number of furan rings is 1. The maximum atomic E-state index is 6.41. The fourth-order valence-electron chi connectivity index (χ4n) is 9.21. The molecule has 5 heteroatoms. The van der Waals surface area contributed by atoms with Gasteiger partial charge in [0.15, 0.2) is 17.5 Å². The fourth-order valence-corrected chi connectivity index (χ4v) is 9.21. The summed E-state index contributed by atoms with van der Waals surface area (Å²) >= 11 is 0. The zero-order valence-electron chi connectivity index (χ0n) is 35.3. The SMILES string of the molecule is Cc1cccc(-c2ccc3c4ccc(-c5cccc(C)c5)cc4n(-c4ccc(-c5ccc6c(c5)oc5ccccc56)cc4-c4nc(-c5ccccc5)nc(-c5ccccc5)n4)c3c2)c1. The Labute approximate surface area is 370 Å². The van der Waals surface area contributed by atoms with Gasteiger partial charge in [-0.25, -0.2) is 15.0 Å². The van der Waals surface area contributed by atoms with Crippen LogP contribution in [-0.4, -0.2) is 19.5 Å². The van der Waals surface area contributed by atoms with E-state index in [-0.39, 0.29) is 0 Å². The van der Waals surface area contributed by atoms with Gasteiger partial charge >= 0.3 is 0 Å². The Morgan fingerprint density at radius 2 is 0.781 bits per heavy atom. The van der Waals surface area contributed by atoms with Crippen LogP contribution in [0.2, 0.25) is 0 Å². The summed E-state index contributed by atoms with van der Waals surface area (Å²) in [5.41, 5.74) is 16.7. The number of aryl methyl sites for hydroxylation is 2.